The standard InChI is InChI=1S/C13H16N2O3S/c1-19(17,18)11-6-2-5-10-13(11)14-12(16)8-9-4-3-7-15(9)10/h2,5-6,9H,3-4,7-8H2,1H3,(H,14,16). The average Bonchev–Trinajstić information content (AvgIpc) is 2.70. The maximum absolute atomic E-state index is 11.9. The molecule has 1 atom stereocenters. The molecule has 5 nitrogen and oxygen atoms in total. The number of hydrogen-bond donors (Lipinski definition) is 1. The van der Waals surface area contributed by atoms with E-state index in [9.17, 15) is 13.2 Å². The lowest BCUT2D eigenvalue weighted by molar-refractivity contribution is -0.116. The van der Waals surface area contributed by atoms with E-state index in [-0.39, 0.29) is 16.8 Å². The Morgan fingerprint density at radius 3 is 2.89 bits per heavy atom. The Bertz CT molecular complexity index is 639. The predicted molar refractivity (Wildman–Crippen MR) is 73.2 cm³/mol. The smallest absolute Gasteiger partial charge is 0.226 e. The molecule has 1 saturated heterocycles. The van der Waals surface area contributed by atoms with Crippen LogP contribution >= 0.6 is 0 Å². The average molecular weight is 280 g/mol. The number of sulfone groups is 1. The van der Waals surface area contributed by atoms with Gasteiger partial charge in [-0.25, -0.2) is 8.42 Å². The van der Waals surface area contributed by atoms with E-state index in [0.29, 0.717) is 12.1 Å². The topological polar surface area (TPSA) is 66.5 Å². The third-order valence-electron chi connectivity index (χ3n) is 3.78. The minimum atomic E-state index is -3.35. The number of benzene rings is 1. The van der Waals surface area contributed by atoms with Crippen LogP contribution in [0.3, 0.4) is 0 Å². The summed E-state index contributed by atoms with van der Waals surface area (Å²) in [6.45, 7) is 0.875. The van der Waals surface area contributed by atoms with Crippen LogP contribution in [0.4, 0.5) is 11.4 Å². The summed E-state index contributed by atoms with van der Waals surface area (Å²) in [7, 11) is -3.35. The number of nitrogens with one attached hydrogen (secondary N) is 1. The van der Waals surface area contributed by atoms with Crippen molar-refractivity contribution in [2.24, 2.45) is 0 Å². The molecule has 1 unspecified atom stereocenters. The van der Waals surface area contributed by atoms with Crippen molar-refractivity contribution >= 4 is 27.1 Å². The Kier molecular flexibility index (Phi) is 2.78. The Balaban J connectivity index is 2.21. The molecule has 1 fully saturated rings. The van der Waals surface area contributed by atoms with Gasteiger partial charge in [-0.15, -0.1) is 0 Å². The maximum atomic E-state index is 11.9. The number of amides is 1. The summed E-state index contributed by atoms with van der Waals surface area (Å²) >= 11 is 0. The molecule has 0 aliphatic carbocycles. The fraction of sp³-hybridized carbons (Fsp3) is 0.462. The molecule has 1 aromatic carbocycles. The first-order valence-electron chi connectivity index (χ1n) is 6.36. The Morgan fingerprint density at radius 1 is 1.37 bits per heavy atom. The van der Waals surface area contributed by atoms with Gasteiger partial charge in [0.05, 0.1) is 16.3 Å². The number of carbonyl (C=O) groups is 1. The highest BCUT2D eigenvalue weighted by atomic mass is 32.2. The van der Waals surface area contributed by atoms with Crippen LogP contribution < -0.4 is 10.2 Å². The van der Waals surface area contributed by atoms with Crippen LogP contribution in [0.2, 0.25) is 0 Å². The van der Waals surface area contributed by atoms with Crippen molar-refractivity contribution in [2.45, 2.75) is 30.2 Å². The SMILES string of the molecule is CS(=O)(=O)c1cccc2c1NC(=O)CC1CCCN21. The van der Waals surface area contributed by atoms with Crippen molar-refractivity contribution < 1.29 is 13.2 Å². The first-order valence-corrected chi connectivity index (χ1v) is 8.25. The maximum Gasteiger partial charge on any atom is 0.226 e. The van der Waals surface area contributed by atoms with E-state index in [1.165, 1.54) is 6.26 Å². The van der Waals surface area contributed by atoms with Crippen molar-refractivity contribution in [3.05, 3.63) is 18.2 Å². The summed E-state index contributed by atoms with van der Waals surface area (Å²) < 4.78 is 23.7. The number of rotatable bonds is 1. The molecule has 1 amide bonds. The van der Waals surface area contributed by atoms with Crippen LogP contribution in [0, 0.1) is 0 Å². The van der Waals surface area contributed by atoms with Gasteiger partial charge in [-0.05, 0) is 25.0 Å². The van der Waals surface area contributed by atoms with Crippen LogP contribution in [0.1, 0.15) is 19.3 Å². The van der Waals surface area contributed by atoms with Gasteiger partial charge in [0, 0.05) is 25.3 Å². The predicted octanol–water partition coefficient (Wildman–Crippen LogP) is 1.40. The van der Waals surface area contributed by atoms with Crippen LogP contribution in [-0.2, 0) is 14.6 Å². The van der Waals surface area contributed by atoms with Gasteiger partial charge in [0.25, 0.3) is 0 Å². The Labute approximate surface area is 112 Å². The molecule has 102 valence electrons. The first-order chi connectivity index (χ1) is 8.97. The number of fused-ring (bicyclic) bond motifs is 3. The quantitative estimate of drug-likeness (QED) is 0.844. The summed E-state index contributed by atoms with van der Waals surface area (Å²) in [4.78, 5) is 14.3. The minimum absolute atomic E-state index is 0.105. The third-order valence-corrected chi connectivity index (χ3v) is 4.91. The van der Waals surface area contributed by atoms with E-state index in [4.69, 9.17) is 0 Å². The van der Waals surface area contributed by atoms with E-state index in [1.807, 2.05) is 6.07 Å². The number of anilines is 2. The molecule has 1 N–H and O–H groups in total. The van der Waals surface area contributed by atoms with Crippen molar-refractivity contribution in [3.8, 4) is 0 Å². The highest BCUT2D eigenvalue weighted by Gasteiger charge is 2.33. The van der Waals surface area contributed by atoms with Gasteiger partial charge in [0.2, 0.25) is 5.91 Å². The lowest BCUT2D eigenvalue weighted by atomic mass is 10.1. The number of hydrogen-bond acceptors (Lipinski definition) is 4. The number of nitrogens with zero attached hydrogens (tertiary/aromatic N) is 1. The normalized spacial score (nSPS) is 22.5. The second kappa shape index (κ2) is 4.23. The van der Waals surface area contributed by atoms with E-state index in [0.717, 1.165) is 25.1 Å². The van der Waals surface area contributed by atoms with Crippen molar-refractivity contribution in [3.63, 3.8) is 0 Å². The highest BCUT2D eigenvalue weighted by molar-refractivity contribution is 7.90. The van der Waals surface area contributed by atoms with Gasteiger partial charge in [0.1, 0.15) is 0 Å². The zero-order valence-corrected chi connectivity index (χ0v) is 11.5. The number of para-hydroxylation sites is 1. The second-order valence-corrected chi connectivity index (χ2v) is 7.15. The van der Waals surface area contributed by atoms with Gasteiger partial charge in [0.15, 0.2) is 9.84 Å². The van der Waals surface area contributed by atoms with Gasteiger partial charge in [-0.2, -0.15) is 0 Å². The molecule has 0 saturated carbocycles. The molecule has 2 heterocycles. The third kappa shape index (κ3) is 2.10. The first kappa shape index (κ1) is 12.5. The van der Waals surface area contributed by atoms with E-state index >= 15 is 0 Å². The molecule has 3 rings (SSSR count). The molecular weight excluding hydrogens is 264 g/mol. The monoisotopic (exact) mass is 280 g/mol. The molecule has 6 heteroatoms. The molecule has 0 radical (unpaired) electrons. The Hall–Kier alpha value is -1.56. The molecular formula is C13H16N2O3S. The van der Waals surface area contributed by atoms with E-state index in [1.54, 1.807) is 12.1 Å². The lowest BCUT2D eigenvalue weighted by Crippen LogP contribution is -2.29. The Morgan fingerprint density at radius 2 is 2.16 bits per heavy atom. The van der Waals surface area contributed by atoms with Gasteiger partial charge in [-0.1, -0.05) is 6.07 Å². The van der Waals surface area contributed by atoms with Crippen molar-refractivity contribution in [1.29, 1.82) is 0 Å². The summed E-state index contributed by atoms with van der Waals surface area (Å²) in [6, 6.07) is 5.36. The molecule has 2 aliphatic heterocycles. The summed E-state index contributed by atoms with van der Waals surface area (Å²) in [5.74, 6) is -0.105. The molecule has 19 heavy (non-hydrogen) atoms. The van der Waals surface area contributed by atoms with Crippen LogP contribution in [-0.4, -0.2) is 33.2 Å². The van der Waals surface area contributed by atoms with Crippen molar-refractivity contribution in [2.75, 3.05) is 23.0 Å². The molecule has 0 bridgehead atoms. The van der Waals surface area contributed by atoms with Gasteiger partial charge in [-0.3, -0.25) is 4.79 Å². The van der Waals surface area contributed by atoms with Crippen LogP contribution in [0.15, 0.2) is 23.1 Å². The van der Waals surface area contributed by atoms with Crippen LogP contribution in [0.5, 0.6) is 0 Å². The zero-order chi connectivity index (χ0) is 13.6. The molecule has 0 aromatic heterocycles. The minimum Gasteiger partial charge on any atom is -0.366 e. The summed E-state index contributed by atoms with van der Waals surface area (Å²) in [5, 5.41) is 2.77. The number of carbonyl (C=O) groups excluding carboxylic acids is 1. The summed E-state index contributed by atoms with van der Waals surface area (Å²) in [6.07, 6.45) is 3.62. The van der Waals surface area contributed by atoms with Gasteiger partial charge >= 0.3 is 0 Å². The van der Waals surface area contributed by atoms with Crippen molar-refractivity contribution in [1.82, 2.24) is 0 Å². The lowest BCUT2D eigenvalue weighted by Gasteiger charge is -2.25. The van der Waals surface area contributed by atoms with E-state index < -0.39 is 9.84 Å². The van der Waals surface area contributed by atoms with E-state index in [2.05, 4.69) is 10.2 Å². The largest absolute Gasteiger partial charge is 0.366 e. The fourth-order valence-corrected chi connectivity index (χ4v) is 3.82. The fourth-order valence-electron chi connectivity index (χ4n) is 2.96. The second-order valence-electron chi connectivity index (χ2n) is 5.16. The highest BCUT2D eigenvalue weighted by Crippen LogP contribution is 2.39. The summed E-state index contributed by atoms with van der Waals surface area (Å²) in [5.41, 5.74) is 1.27. The zero-order valence-electron chi connectivity index (χ0n) is 10.7. The molecule has 2 aliphatic rings. The molecule has 1 aromatic rings. The van der Waals surface area contributed by atoms with Gasteiger partial charge < -0.3 is 10.2 Å². The molecule has 0 spiro atoms. The van der Waals surface area contributed by atoms with Crippen LogP contribution in [0.25, 0.3) is 0 Å².